The van der Waals surface area contributed by atoms with Crippen molar-refractivity contribution >= 4 is 17.7 Å². The van der Waals surface area contributed by atoms with Gasteiger partial charge in [-0.3, -0.25) is 9.48 Å². The molecule has 25 heavy (non-hydrogen) atoms. The zero-order valence-electron chi connectivity index (χ0n) is 14.9. The van der Waals surface area contributed by atoms with Gasteiger partial charge in [0.05, 0.1) is 19.2 Å². The van der Waals surface area contributed by atoms with Gasteiger partial charge in [0.25, 0.3) is 0 Å². The van der Waals surface area contributed by atoms with Crippen LogP contribution in [0.25, 0.3) is 0 Å². The second-order valence-electron chi connectivity index (χ2n) is 6.00. The van der Waals surface area contributed by atoms with E-state index in [0.29, 0.717) is 24.2 Å². The van der Waals surface area contributed by atoms with E-state index in [1.807, 2.05) is 32.4 Å². The van der Waals surface area contributed by atoms with Crippen molar-refractivity contribution < 1.29 is 14.3 Å². The van der Waals surface area contributed by atoms with E-state index >= 15 is 0 Å². The lowest BCUT2D eigenvalue weighted by atomic mass is 10.1. The van der Waals surface area contributed by atoms with Crippen molar-refractivity contribution in [1.82, 2.24) is 14.7 Å². The molecule has 1 aromatic carbocycles. The maximum absolute atomic E-state index is 12.0. The van der Waals surface area contributed by atoms with Crippen LogP contribution in [0, 0.1) is 0 Å². The Morgan fingerprint density at radius 1 is 1.20 bits per heavy atom. The maximum Gasteiger partial charge on any atom is 0.337 e. The van der Waals surface area contributed by atoms with Crippen LogP contribution in [0.2, 0.25) is 0 Å². The highest BCUT2D eigenvalue weighted by Crippen LogP contribution is 2.09. The van der Waals surface area contributed by atoms with Gasteiger partial charge in [0.2, 0.25) is 5.91 Å². The Bertz CT molecular complexity index is 707. The Morgan fingerprint density at radius 2 is 1.92 bits per heavy atom. The van der Waals surface area contributed by atoms with Crippen molar-refractivity contribution in [3.8, 4) is 0 Å². The summed E-state index contributed by atoms with van der Waals surface area (Å²) in [5, 5.41) is 7.12. The number of nitrogens with zero attached hydrogens (tertiary/aromatic N) is 3. The second-order valence-corrected chi connectivity index (χ2v) is 6.00. The number of esters is 1. The number of carbonyl (C=O) groups excluding carboxylic acids is 2. The zero-order valence-corrected chi connectivity index (χ0v) is 14.9. The first-order valence-corrected chi connectivity index (χ1v) is 8.13. The number of aromatic nitrogens is 2. The Balaban J connectivity index is 1.79. The molecule has 0 saturated heterocycles. The van der Waals surface area contributed by atoms with Gasteiger partial charge in [-0.25, -0.2) is 4.79 Å². The standard InChI is InChI=1S/C18H24N4O3/c1-21(2)12-13-22-11-10-16(20-22)19-17(23)9-6-14-4-7-15(8-5-14)18(24)25-3/h4-5,7-8,10-11H,6,9,12-13H2,1-3H3,(H,19,20,23). The van der Waals surface area contributed by atoms with Crippen molar-refractivity contribution in [2.45, 2.75) is 19.4 Å². The molecule has 0 aliphatic carbocycles. The van der Waals surface area contributed by atoms with Gasteiger partial charge in [-0.1, -0.05) is 12.1 Å². The van der Waals surface area contributed by atoms with Crippen molar-refractivity contribution in [2.75, 3.05) is 33.1 Å². The molecular weight excluding hydrogens is 320 g/mol. The van der Waals surface area contributed by atoms with Crippen LogP contribution < -0.4 is 5.32 Å². The second kappa shape index (κ2) is 8.98. The molecule has 0 saturated carbocycles. The number of anilines is 1. The number of rotatable bonds is 8. The minimum atomic E-state index is -0.367. The van der Waals surface area contributed by atoms with Gasteiger partial charge in [-0.05, 0) is 38.2 Å². The Hall–Kier alpha value is -2.67. The predicted molar refractivity (Wildman–Crippen MR) is 95.5 cm³/mol. The fourth-order valence-electron chi connectivity index (χ4n) is 2.24. The average Bonchev–Trinajstić information content (AvgIpc) is 3.05. The molecule has 0 bridgehead atoms. The number of amides is 1. The molecule has 0 unspecified atom stereocenters. The number of methoxy groups -OCH3 is 1. The molecule has 0 spiro atoms. The third-order valence-electron chi connectivity index (χ3n) is 3.70. The van der Waals surface area contributed by atoms with E-state index in [1.165, 1.54) is 7.11 Å². The summed E-state index contributed by atoms with van der Waals surface area (Å²) in [7, 11) is 5.36. The molecule has 0 aliphatic rings. The molecule has 0 radical (unpaired) electrons. The summed E-state index contributed by atoms with van der Waals surface area (Å²) in [6.07, 6.45) is 2.79. The molecule has 1 N–H and O–H groups in total. The molecule has 0 fully saturated rings. The monoisotopic (exact) mass is 344 g/mol. The van der Waals surface area contributed by atoms with Crippen molar-refractivity contribution in [1.29, 1.82) is 0 Å². The van der Waals surface area contributed by atoms with Crippen molar-refractivity contribution in [2.24, 2.45) is 0 Å². The van der Waals surface area contributed by atoms with Crippen LogP contribution in [0.4, 0.5) is 5.82 Å². The summed E-state index contributed by atoms with van der Waals surface area (Å²) in [4.78, 5) is 25.5. The van der Waals surface area contributed by atoms with E-state index in [1.54, 1.807) is 22.9 Å². The van der Waals surface area contributed by atoms with Gasteiger partial charge in [0, 0.05) is 25.2 Å². The third-order valence-corrected chi connectivity index (χ3v) is 3.70. The van der Waals surface area contributed by atoms with E-state index in [2.05, 4.69) is 20.1 Å². The summed E-state index contributed by atoms with van der Waals surface area (Å²) in [6, 6.07) is 8.85. The summed E-state index contributed by atoms with van der Waals surface area (Å²) in [5.74, 6) is 0.105. The topological polar surface area (TPSA) is 76.5 Å². The maximum atomic E-state index is 12.0. The van der Waals surface area contributed by atoms with Crippen LogP contribution in [0.3, 0.4) is 0 Å². The zero-order chi connectivity index (χ0) is 18.2. The van der Waals surface area contributed by atoms with Crippen LogP contribution in [-0.2, 0) is 22.5 Å². The molecule has 0 aliphatic heterocycles. The van der Waals surface area contributed by atoms with Crippen molar-refractivity contribution in [3.05, 3.63) is 47.7 Å². The molecule has 7 nitrogen and oxygen atoms in total. The van der Waals surface area contributed by atoms with Gasteiger partial charge in [-0.15, -0.1) is 0 Å². The highest BCUT2D eigenvalue weighted by molar-refractivity contribution is 5.90. The number of hydrogen-bond donors (Lipinski definition) is 1. The van der Waals surface area contributed by atoms with Gasteiger partial charge in [0.15, 0.2) is 5.82 Å². The summed E-state index contributed by atoms with van der Waals surface area (Å²) in [5.41, 5.74) is 1.48. The molecule has 1 amide bonds. The van der Waals surface area contributed by atoms with Crippen LogP contribution in [0.5, 0.6) is 0 Å². The summed E-state index contributed by atoms with van der Waals surface area (Å²) in [6.45, 7) is 1.66. The lowest BCUT2D eigenvalue weighted by molar-refractivity contribution is -0.116. The van der Waals surface area contributed by atoms with E-state index < -0.39 is 0 Å². The van der Waals surface area contributed by atoms with E-state index in [9.17, 15) is 9.59 Å². The lowest BCUT2D eigenvalue weighted by Crippen LogP contribution is -2.19. The van der Waals surface area contributed by atoms with Gasteiger partial charge in [-0.2, -0.15) is 5.10 Å². The lowest BCUT2D eigenvalue weighted by Gasteiger charge is -2.08. The Labute approximate surface area is 147 Å². The number of carbonyl (C=O) groups is 2. The Kier molecular flexibility index (Phi) is 6.71. The fourth-order valence-corrected chi connectivity index (χ4v) is 2.24. The average molecular weight is 344 g/mol. The SMILES string of the molecule is COC(=O)c1ccc(CCC(=O)Nc2ccn(CCN(C)C)n2)cc1. The number of hydrogen-bond acceptors (Lipinski definition) is 5. The predicted octanol–water partition coefficient (Wildman–Crippen LogP) is 1.80. The first-order valence-electron chi connectivity index (χ1n) is 8.13. The molecule has 134 valence electrons. The van der Waals surface area contributed by atoms with Crippen molar-refractivity contribution in [3.63, 3.8) is 0 Å². The first kappa shape index (κ1) is 18.7. The first-order chi connectivity index (χ1) is 12.0. The number of likely N-dealkylation sites (N-methyl/N-ethyl adjacent to an activating group) is 1. The molecule has 2 aromatic rings. The number of ether oxygens (including phenoxy) is 1. The molecule has 0 atom stereocenters. The quantitative estimate of drug-likeness (QED) is 0.739. The largest absolute Gasteiger partial charge is 0.465 e. The summed E-state index contributed by atoms with van der Waals surface area (Å²) < 4.78 is 6.47. The smallest absolute Gasteiger partial charge is 0.337 e. The highest BCUT2D eigenvalue weighted by atomic mass is 16.5. The molecular formula is C18H24N4O3. The van der Waals surface area contributed by atoms with Gasteiger partial charge < -0.3 is 15.0 Å². The van der Waals surface area contributed by atoms with Crippen LogP contribution >= 0.6 is 0 Å². The Morgan fingerprint density at radius 3 is 2.56 bits per heavy atom. The minimum absolute atomic E-state index is 0.0881. The molecule has 7 heteroatoms. The molecule has 1 heterocycles. The van der Waals surface area contributed by atoms with E-state index in [-0.39, 0.29) is 11.9 Å². The van der Waals surface area contributed by atoms with E-state index in [4.69, 9.17) is 0 Å². The third kappa shape index (κ3) is 6.04. The van der Waals surface area contributed by atoms with Gasteiger partial charge in [0.1, 0.15) is 0 Å². The number of benzene rings is 1. The molecule has 1 aromatic heterocycles. The van der Waals surface area contributed by atoms with Crippen LogP contribution in [-0.4, -0.2) is 54.3 Å². The van der Waals surface area contributed by atoms with Crippen LogP contribution in [0.1, 0.15) is 22.3 Å². The van der Waals surface area contributed by atoms with Crippen LogP contribution in [0.15, 0.2) is 36.5 Å². The minimum Gasteiger partial charge on any atom is -0.465 e. The number of aryl methyl sites for hydroxylation is 1. The van der Waals surface area contributed by atoms with Gasteiger partial charge >= 0.3 is 5.97 Å². The normalized spacial score (nSPS) is 10.7. The van der Waals surface area contributed by atoms with E-state index in [0.717, 1.165) is 18.7 Å². The molecule has 2 rings (SSSR count). The summed E-state index contributed by atoms with van der Waals surface area (Å²) >= 11 is 0. The number of nitrogens with one attached hydrogen (secondary N) is 1. The highest BCUT2D eigenvalue weighted by Gasteiger charge is 2.08. The fraction of sp³-hybridized carbons (Fsp3) is 0.389.